The maximum absolute atomic E-state index is 12.2. The molecule has 4 rings (SSSR count). The van der Waals surface area contributed by atoms with E-state index < -0.39 is 11.8 Å². The molecule has 0 radical (unpaired) electrons. The molecule has 0 bridgehead atoms. The second kappa shape index (κ2) is 6.88. The van der Waals surface area contributed by atoms with E-state index in [-0.39, 0.29) is 0 Å². The summed E-state index contributed by atoms with van der Waals surface area (Å²) in [7, 11) is 0. The number of rotatable bonds is 2. The van der Waals surface area contributed by atoms with E-state index in [9.17, 15) is 9.59 Å². The van der Waals surface area contributed by atoms with Crippen LogP contribution in [0.3, 0.4) is 0 Å². The van der Waals surface area contributed by atoms with Gasteiger partial charge in [0.15, 0.2) is 0 Å². The van der Waals surface area contributed by atoms with Gasteiger partial charge < -0.3 is 5.32 Å². The number of anilines is 1. The third-order valence-electron chi connectivity index (χ3n) is 4.44. The molecule has 2 N–H and O–H groups in total. The standard InChI is InChI=1S/C22H17N3O2/c1-14-10-12-15(13-11-14)23-21(26)22(27)25-24-20-18-8-4-2-6-16(18)17-7-3-5-9-19(17)20/h2-13H,1H3,(H,23,26)(H,25,27). The number of nitrogens with zero attached hydrogens (tertiary/aromatic N) is 1. The second-order valence-electron chi connectivity index (χ2n) is 6.31. The first-order valence-corrected chi connectivity index (χ1v) is 8.58. The minimum atomic E-state index is -0.815. The van der Waals surface area contributed by atoms with Crippen LogP contribution in [0, 0.1) is 6.92 Å². The molecule has 0 aromatic heterocycles. The fraction of sp³-hybridized carbons (Fsp3) is 0.0455. The number of hydrazone groups is 1. The summed E-state index contributed by atoms with van der Waals surface area (Å²) in [5, 5.41) is 6.80. The monoisotopic (exact) mass is 355 g/mol. The van der Waals surface area contributed by atoms with Crippen molar-refractivity contribution in [3.05, 3.63) is 89.5 Å². The normalized spacial score (nSPS) is 11.4. The van der Waals surface area contributed by atoms with Gasteiger partial charge in [0.2, 0.25) is 0 Å². The number of hydrogen-bond acceptors (Lipinski definition) is 3. The van der Waals surface area contributed by atoms with Crippen molar-refractivity contribution < 1.29 is 9.59 Å². The fourth-order valence-electron chi connectivity index (χ4n) is 3.10. The molecule has 3 aromatic carbocycles. The molecule has 0 aliphatic heterocycles. The SMILES string of the molecule is Cc1ccc(NC(=O)C(=O)NN=C2c3ccccc3-c3ccccc32)cc1. The number of fused-ring (bicyclic) bond motifs is 3. The maximum atomic E-state index is 12.2. The van der Waals surface area contributed by atoms with E-state index in [1.807, 2.05) is 67.6 Å². The zero-order chi connectivity index (χ0) is 18.8. The van der Waals surface area contributed by atoms with Gasteiger partial charge in [-0.05, 0) is 30.2 Å². The van der Waals surface area contributed by atoms with Crippen LogP contribution in [-0.4, -0.2) is 17.5 Å². The minimum absolute atomic E-state index is 0.560. The minimum Gasteiger partial charge on any atom is -0.318 e. The first kappa shape index (κ1) is 16.7. The quantitative estimate of drug-likeness (QED) is 0.427. The van der Waals surface area contributed by atoms with Gasteiger partial charge in [-0.25, -0.2) is 5.43 Å². The van der Waals surface area contributed by atoms with E-state index in [1.54, 1.807) is 12.1 Å². The smallest absolute Gasteiger partial charge is 0.318 e. The summed E-state index contributed by atoms with van der Waals surface area (Å²) in [5.41, 5.74) is 8.64. The van der Waals surface area contributed by atoms with Crippen molar-refractivity contribution in [2.45, 2.75) is 6.92 Å². The Morgan fingerprint density at radius 2 is 1.22 bits per heavy atom. The van der Waals surface area contributed by atoms with E-state index in [1.165, 1.54) is 0 Å². The van der Waals surface area contributed by atoms with Gasteiger partial charge in [-0.1, -0.05) is 66.2 Å². The highest BCUT2D eigenvalue weighted by Crippen LogP contribution is 2.36. The van der Waals surface area contributed by atoms with E-state index in [4.69, 9.17) is 0 Å². The van der Waals surface area contributed by atoms with Crippen molar-refractivity contribution in [2.75, 3.05) is 5.32 Å². The van der Waals surface area contributed by atoms with Gasteiger partial charge in [0.05, 0.1) is 5.71 Å². The van der Waals surface area contributed by atoms with Gasteiger partial charge in [0.1, 0.15) is 0 Å². The summed E-state index contributed by atoms with van der Waals surface area (Å²) in [4.78, 5) is 24.3. The van der Waals surface area contributed by atoms with Crippen LogP contribution in [0.2, 0.25) is 0 Å². The summed E-state index contributed by atoms with van der Waals surface area (Å²) in [6, 6.07) is 22.9. The molecule has 1 aliphatic rings. The van der Waals surface area contributed by atoms with Crippen molar-refractivity contribution in [3.8, 4) is 11.1 Å². The first-order valence-electron chi connectivity index (χ1n) is 8.58. The molecule has 132 valence electrons. The van der Waals surface area contributed by atoms with Crippen molar-refractivity contribution in [1.82, 2.24) is 5.43 Å². The number of nitrogens with one attached hydrogen (secondary N) is 2. The molecule has 0 saturated heterocycles. The van der Waals surface area contributed by atoms with Crippen LogP contribution < -0.4 is 10.7 Å². The summed E-state index contributed by atoms with van der Waals surface area (Å²) >= 11 is 0. The zero-order valence-electron chi connectivity index (χ0n) is 14.7. The Hall–Kier alpha value is -3.73. The Morgan fingerprint density at radius 3 is 1.78 bits per heavy atom. The molecule has 5 nitrogen and oxygen atoms in total. The highest BCUT2D eigenvalue weighted by Gasteiger charge is 2.24. The van der Waals surface area contributed by atoms with Gasteiger partial charge in [0.25, 0.3) is 0 Å². The highest BCUT2D eigenvalue weighted by atomic mass is 16.2. The second-order valence-corrected chi connectivity index (χ2v) is 6.31. The molecule has 0 unspecified atom stereocenters. The lowest BCUT2D eigenvalue weighted by molar-refractivity contribution is -0.136. The molecule has 0 saturated carbocycles. The highest BCUT2D eigenvalue weighted by molar-refractivity contribution is 6.39. The average molecular weight is 355 g/mol. The molecule has 2 amide bonds. The zero-order valence-corrected chi connectivity index (χ0v) is 14.7. The van der Waals surface area contributed by atoms with E-state index in [2.05, 4.69) is 15.8 Å². The van der Waals surface area contributed by atoms with E-state index in [0.29, 0.717) is 11.4 Å². The Morgan fingerprint density at radius 1 is 0.704 bits per heavy atom. The van der Waals surface area contributed by atoms with Gasteiger partial charge in [-0.2, -0.15) is 5.10 Å². The third-order valence-corrected chi connectivity index (χ3v) is 4.44. The average Bonchev–Trinajstić information content (AvgIpc) is 3.02. The Bertz CT molecular complexity index is 1020. The Kier molecular flexibility index (Phi) is 4.26. The molecule has 0 heterocycles. The van der Waals surface area contributed by atoms with Gasteiger partial charge in [-0.3, -0.25) is 9.59 Å². The van der Waals surface area contributed by atoms with Crippen molar-refractivity contribution in [2.24, 2.45) is 5.10 Å². The lowest BCUT2D eigenvalue weighted by atomic mass is 10.1. The van der Waals surface area contributed by atoms with Crippen LogP contribution >= 0.6 is 0 Å². The van der Waals surface area contributed by atoms with Crippen molar-refractivity contribution >= 4 is 23.2 Å². The summed E-state index contributed by atoms with van der Waals surface area (Å²) in [6.07, 6.45) is 0. The van der Waals surface area contributed by atoms with Crippen molar-refractivity contribution in [1.29, 1.82) is 0 Å². The molecule has 0 fully saturated rings. The van der Waals surface area contributed by atoms with Crippen LogP contribution in [0.25, 0.3) is 11.1 Å². The first-order chi connectivity index (χ1) is 13.1. The lowest BCUT2D eigenvalue weighted by Crippen LogP contribution is -2.33. The number of carbonyl (C=O) groups is 2. The predicted molar refractivity (Wildman–Crippen MR) is 105 cm³/mol. The fourth-order valence-corrected chi connectivity index (χ4v) is 3.10. The summed E-state index contributed by atoms with van der Waals surface area (Å²) in [5.74, 6) is -1.58. The summed E-state index contributed by atoms with van der Waals surface area (Å²) < 4.78 is 0. The number of amides is 2. The topological polar surface area (TPSA) is 70.6 Å². The van der Waals surface area contributed by atoms with Crippen LogP contribution in [0.5, 0.6) is 0 Å². The molecular formula is C22H17N3O2. The van der Waals surface area contributed by atoms with Crippen molar-refractivity contribution in [3.63, 3.8) is 0 Å². The third kappa shape index (κ3) is 3.22. The number of benzene rings is 3. The molecule has 0 atom stereocenters. The van der Waals surface area contributed by atoms with Crippen LogP contribution in [0.4, 0.5) is 5.69 Å². The number of carbonyl (C=O) groups excluding carboxylic acids is 2. The molecular weight excluding hydrogens is 338 g/mol. The van der Waals surface area contributed by atoms with E-state index in [0.717, 1.165) is 27.8 Å². The molecule has 27 heavy (non-hydrogen) atoms. The number of aryl methyl sites for hydroxylation is 1. The predicted octanol–water partition coefficient (Wildman–Crippen LogP) is 3.48. The Labute approximate surface area is 156 Å². The molecule has 1 aliphatic carbocycles. The van der Waals surface area contributed by atoms with Gasteiger partial charge in [-0.15, -0.1) is 0 Å². The van der Waals surface area contributed by atoms with Gasteiger partial charge in [0, 0.05) is 16.8 Å². The number of hydrogen-bond donors (Lipinski definition) is 2. The van der Waals surface area contributed by atoms with Gasteiger partial charge >= 0.3 is 11.8 Å². The Balaban J connectivity index is 1.55. The summed E-state index contributed by atoms with van der Waals surface area (Å²) in [6.45, 7) is 1.95. The largest absolute Gasteiger partial charge is 0.329 e. The van der Waals surface area contributed by atoms with E-state index >= 15 is 0 Å². The lowest BCUT2D eigenvalue weighted by Gasteiger charge is -2.05. The molecule has 5 heteroatoms. The maximum Gasteiger partial charge on any atom is 0.329 e. The van der Waals surface area contributed by atoms with Crippen LogP contribution in [-0.2, 0) is 9.59 Å². The van der Waals surface area contributed by atoms with Crippen LogP contribution in [0.1, 0.15) is 16.7 Å². The molecule has 0 spiro atoms. The van der Waals surface area contributed by atoms with Crippen LogP contribution in [0.15, 0.2) is 77.9 Å². The molecule has 3 aromatic rings.